The summed E-state index contributed by atoms with van der Waals surface area (Å²) in [6.07, 6.45) is 0.777. The Morgan fingerprint density at radius 2 is 2.00 bits per heavy atom. The maximum atomic E-state index is 11.9. The minimum absolute atomic E-state index is 0. The first-order chi connectivity index (χ1) is 8.96. The molecule has 1 atom stereocenters. The average molecular weight is 322 g/mol. The highest BCUT2D eigenvalue weighted by atomic mass is 35.5. The third-order valence-corrected chi connectivity index (χ3v) is 4.32. The Balaban J connectivity index is 0.00000200. The molecule has 112 valence electrons. The van der Waals surface area contributed by atoms with Crippen LogP contribution in [-0.2, 0) is 15.8 Å². The number of sulfonamides is 1. The van der Waals surface area contributed by atoms with Crippen LogP contribution in [0.5, 0.6) is 0 Å². The maximum Gasteiger partial charge on any atom is 0.269 e. The Kier molecular flexibility index (Phi) is 5.88. The molecule has 0 amide bonds. The zero-order valence-electron chi connectivity index (χ0n) is 10.6. The molecular weight excluding hydrogens is 306 g/mol. The van der Waals surface area contributed by atoms with Crippen molar-refractivity contribution in [2.24, 2.45) is 0 Å². The zero-order chi connectivity index (χ0) is 13.9. The largest absolute Gasteiger partial charge is 0.315 e. The van der Waals surface area contributed by atoms with Crippen LogP contribution in [0.2, 0.25) is 0 Å². The third kappa shape index (κ3) is 4.71. The molecule has 1 saturated heterocycles. The second-order valence-electron chi connectivity index (χ2n) is 4.49. The number of non-ortho nitro benzene ring substituents is 1. The summed E-state index contributed by atoms with van der Waals surface area (Å²) in [6.45, 7) is 1.45. The smallest absolute Gasteiger partial charge is 0.269 e. The van der Waals surface area contributed by atoms with Crippen LogP contribution in [0.1, 0.15) is 12.0 Å². The van der Waals surface area contributed by atoms with Crippen molar-refractivity contribution in [3.05, 3.63) is 39.9 Å². The van der Waals surface area contributed by atoms with Gasteiger partial charge in [0.15, 0.2) is 0 Å². The molecule has 1 aromatic rings. The van der Waals surface area contributed by atoms with Gasteiger partial charge in [-0.05, 0) is 18.5 Å². The molecule has 9 heteroatoms. The quantitative estimate of drug-likeness (QED) is 0.617. The van der Waals surface area contributed by atoms with E-state index in [1.54, 1.807) is 0 Å². The Bertz CT molecular complexity index is 556. The van der Waals surface area contributed by atoms with Crippen molar-refractivity contribution >= 4 is 28.1 Å². The topological polar surface area (TPSA) is 101 Å². The van der Waals surface area contributed by atoms with E-state index in [0.29, 0.717) is 12.1 Å². The summed E-state index contributed by atoms with van der Waals surface area (Å²) in [5.41, 5.74) is 0.484. The first-order valence-electron chi connectivity index (χ1n) is 5.90. The normalized spacial score (nSPS) is 18.5. The molecule has 1 aliphatic rings. The summed E-state index contributed by atoms with van der Waals surface area (Å²) in [7, 11) is -3.41. The number of hydrogen-bond donors (Lipinski definition) is 2. The molecule has 1 aromatic carbocycles. The van der Waals surface area contributed by atoms with Gasteiger partial charge in [0.25, 0.3) is 5.69 Å². The van der Waals surface area contributed by atoms with Gasteiger partial charge in [-0.1, -0.05) is 12.1 Å². The van der Waals surface area contributed by atoms with Crippen molar-refractivity contribution in [3.63, 3.8) is 0 Å². The molecule has 1 fully saturated rings. The van der Waals surface area contributed by atoms with E-state index in [4.69, 9.17) is 0 Å². The van der Waals surface area contributed by atoms with Crippen molar-refractivity contribution in [2.75, 3.05) is 13.1 Å². The highest BCUT2D eigenvalue weighted by Crippen LogP contribution is 2.14. The van der Waals surface area contributed by atoms with Crippen LogP contribution in [0.3, 0.4) is 0 Å². The van der Waals surface area contributed by atoms with Crippen LogP contribution in [-0.4, -0.2) is 32.5 Å². The van der Waals surface area contributed by atoms with Gasteiger partial charge in [0.2, 0.25) is 10.0 Å². The van der Waals surface area contributed by atoms with E-state index in [2.05, 4.69) is 10.0 Å². The van der Waals surface area contributed by atoms with Crippen LogP contribution in [0.15, 0.2) is 24.3 Å². The highest BCUT2D eigenvalue weighted by Gasteiger charge is 2.21. The first kappa shape index (κ1) is 16.8. The van der Waals surface area contributed by atoms with Gasteiger partial charge >= 0.3 is 0 Å². The van der Waals surface area contributed by atoms with Crippen LogP contribution < -0.4 is 10.0 Å². The molecule has 1 heterocycles. The van der Waals surface area contributed by atoms with Crippen molar-refractivity contribution in [2.45, 2.75) is 18.2 Å². The number of nitrogens with zero attached hydrogens (tertiary/aromatic N) is 1. The molecule has 0 aromatic heterocycles. The third-order valence-electron chi connectivity index (χ3n) is 2.91. The number of nitro benzene ring substituents is 1. The Hall–Kier alpha value is -1.22. The monoisotopic (exact) mass is 321 g/mol. The second-order valence-corrected chi connectivity index (χ2v) is 6.24. The standard InChI is InChI=1S/C11H15N3O4S.ClH/c15-14(16)11-3-1-9(2-4-11)8-19(17,18)13-10-5-6-12-7-10;/h1-4,10,12-13H,5-8H2;1H. The van der Waals surface area contributed by atoms with E-state index in [1.165, 1.54) is 24.3 Å². The lowest BCUT2D eigenvalue weighted by Crippen LogP contribution is -2.36. The lowest BCUT2D eigenvalue weighted by Gasteiger charge is -2.11. The fourth-order valence-electron chi connectivity index (χ4n) is 1.98. The van der Waals surface area contributed by atoms with Crippen LogP contribution in [0.4, 0.5) is 5.69 Å². The molecule has 1 aliphatic heterocycles. The van der Waals surface area contributed by atoms with Gasteiger partial charge in [-0.15, -0.1) is 12.4 Å². The lowest BCUT2D eigenvalue weighted by atomic mass is 10.2. The Labute approximate surface area is 123 Å². The van der Waals surface area contributed by atoms with Crippen molar-refractivity contribution in [1.29, 1.82) is 0 Å². The molecule has 0 spiro atoms. The van der Waals surface area contributed by atoms with Gasteiger partial charge in [0, 0.05) is 24.7 Å². The summed E-state index contributed by atoms with van der Waals surface area (Å²) < 4.78 is 26.4. The van der Waals surface area contributed by atoms with E-state index >= 15 is 0 Å². The van der Waals surface area contributed by atoms with Gasteiger partial charge in [0.1, 0.15) is 0 Å². The fourth-order valence-corrected chi connectivity index (χ4v) is 3.41. The number of rotatable bonds is 5. The van der Waals surface area contributed by atoms with E-state index < -0.39 is 14.9 Å². The summed E-state index contributed by atoms with van der Waals surface area (Å²) in [5, 5.41) is 13.6. The summed E-state index contributed by atoms with van der Waals surface area (Å²) in [5.74, 6) is -0.165. The van der Waals surface area contributed by atoms with E-state index in [-0.39, 0.29) is 29.9 Å². The van der Waals surface area contributed by atoms with Gasteiger partial charge in [0.05, 0.1) is 10.7 Å². The number of benzene rings is 1. The van der Waals surface area contributed by atoms with Crippen LogP contribution in [0, 0.1) is 10.1 Å². The molecule has 0 saturated carbocycles. The number of nitrogens with one attached hydrogen (secondary N) is 2. The molecule has 1 unspecified atom stereocenters. The molecule has 20 heavy (non-hydrogen) atoms. The summed E-state index contributed by atoms with van der Waals surface area (Å²) in [6, 6.07) is 5.47. The Morgan fingerprint density at radius 1 is 1.35 bits per heavy atom. The minimum Gasteiger partial charge on any atom is -0.315 e. The SMILES string of the molecule is Cl.O=[N+]([O-])c1ccc(CS(=O)(=O)NC2CCNC2)cc1. The second kappa shape index (κ2) is 6.98. The molecule has 0 bridgehead atoms. The molecule has 0 aliphatic carbocycles. The fraction of sp³-hybridized carbons (Fsp3) is 0.455. The lowest BCUT2D eigenvalue weighted by molar-refractivity contribution is -0.384. The number of halogens is 1. The highest BCUT2D eigenvalue weighted by molar-refractivity contribution is 7.88. The van der Waals surface area contributed by atoms with Gasteiger partial charge < -0.3 is 5.32 Å². The van der Waals surface area contributed by atoms with Crippen molar-refractivity contribution in [1.82, 2.24) is 10.0 Å². The molecule has 7 nitrogen and oxygen atoms in total. The van der Waals surface area contributed by atoms with Crippen LogP contribution in [0.25, 0.3) is 0 Å². The van der Waals surface area contributed by atoms with E-state index in [0.717, 1.165) is 13.0 Å². The predicted molar refractivity (Wildman–Crippen MR) is 77.4 cm³/mol. The molecular formula is C11H16ClN3O4S. The van der Waals surface area contributed by atoms with E-state index in [1.807, 2.05) is 0 Å². The summed E-state index contributed by atoms with van der Waals surface area (Å²) in [4.78, 5) is 9.98. The van der Waals surface area contributed by atoms with Crippen molar-refractivity contribution < 1.29 is 13.3 Å². The average Bonchev–Trinajstić information content (AvgIpc) is 2.81. The van der Waals surface area contributed by atoms with Gasteiger partial charge in [-0.2, -0.15) is 0 Å². The van der Waals surface area contributed by atoms with Crippen LogP contribution >= 0.6 is 12.4 Å². The van der Waals surface area contributed by atoms with Gasteiger partial charge in [-0.3, -0.25) is 10.1 Å². The number of hydrogen-bond acceptors (Lipinski definition) is 5. The molecule has 2 N–H and O–H groups in total. The van der Waals surface area contributed by atoms with Gasteiger partial charge in [-0.25, -0.2) is 13.1 Å². The predicted octanol–water partition coefficient (Wildman–Crippen LogP) is 0.798. The molecule has 2 rings (SSSR count). The van der Waals surface area contributed by atoms with Crippen molar-refractivity contribution in [3.8, 4) is 0 Å². The Morgan fingerprint density at radius 3 is 2.50 bits per heavy atom. The maximum absolute atomic E-state index is 11.9. The first-order valence-corrected chi connectivity index (χ1v) is 7.55. The summed E-state index contributed by atoms with van der Waals surface area (Å²) >= 11 is 0. The number of nitro groups is 1. The zero-order valence-corrected chi connectivity index (χ0v) is 12.2. The van der Waals surface area contributed by atoms with E-state index in [9.17, 15) is 18.5 Å². The minimum atomic E-state index is -3.41. The molecule has 0 radical (unpaired) electrons.